The fraction of sp³-hybridized carbons (Fsp3) is 0.857. The van der Waals surface area contributed by atoms with E-state index in [-0.39, 0.29) is 24.7 Å². The Morgan fingerprint density at radius 1 is 1.10 bits per heavy atom. The Labute approximate surface area is 120 Å². The number of nitrogens with zero attached hydrogens (tertiary/aromatic N) is 1. The summed E-state index contributed by atoms with van der Waals surface area (Å²) in [6, 6.07) is -0.891. The summed E-state index contributed by atoms with van der Waals surface area (Å²) in [5.74, 6) is -1.03. The minimum absolute atomic E-state index is 0.239. The van der Waals surface area contributed by atoms with Crippen molar-refractivity contribution in [1.29, 1.82) is 0 Å². The molecule has 116 valence electrons. The van der Waals surface area contributed by atoms with Crippen molar-refractivity contribution in [1.82, 2.24) is 4.90 Å². The fourth-order valence-electron chi connectivity index (χ4n) is 2.14. The van der Waals surface area contributed by atoms with Crippen molar-refractivity contribution < 1.29 is 24.2 Å². The van der Waals surface area contributed by atoms with Gasteiger partial charge in [-0.25, -0.2) is 9.59 Å². The number of amides is 1. The van der Waals surface area contributed by atoms with Crippen LogP contribution in [0.5, 0.6) is 0 Å². The molecule has 1 amide bonds. The average Bonchev–Trinajstić information content (AvgIpc) is 2.56. The second kappa shape index (κ2) is 5.60. The summed E-state index contributed by atoms with van der Waals surface area (Å²) in [5.41, 5.74) is -1.03. The van der Waals surface area contributed by atoms with Gasteiger partial charge in [0, 0.05) is 6.42 Å². The van der Waals surface area contributed by atoms with Crippen LogP contribution in [0, 0.1) is 0 Å². The number of carboxylic acids is 1. The Morgan fingerprint density at radius 3 is 2.05 bits per heavy atom. The number of ether oxygens (including phenoxy) is 2. The van der Waals surface area contributed by atoms with Crippen molar-refractivity contribution in [3.63, 3.8) is 0 Å². The highest BCUT2D eigenvalue weighted by Crippen LogP contribution is 2.26. The SMILES string of the molecule is CC(C)(C)OC(=O)N1C[C@H](OC(C)(C)C)C[C@@H]1C(=O)O. The van der Waals surface area contributed by atoms with E-state index in [0.717, 1.165) is 0 Å². The molecule has 1 saturated heterocycles. The van der Waals surface area contributed by atoms with Gasteiger partial charge in [-0.3, -0.25) is 4.90 Å². The zero-order valence-electron chi connectivity index (χ0n) is 13.1. The minimum Gasteiger partial charge on any atom is -0.480 e. The largest absolute Gasteiger partial charge is 0.480 e. The summed E-state index contributed by atoms with van der Waals surface area (Å²) in [5, 5.41) is 9.24. The van der Waals surface area contributed by atoms with Gasteiger partial charge in [0.25, 0.3) is 0 Å². The second-order valence-electron chi connectivity index (χ2n) is 7.07. The quantitative estimate of drug-likeness (QED) is 0.843. The lowest BCUT2D eigenvalue weighted by Crippen LogP contribution is -2.43. The first-order valence-corrected chi connectivity index (χ1v) is 6.79. The summed E-state index contributed by atoms with van der Waals surface area (Å²) in [4.78, 5) is 24.6. The van der Waals surface area contributed by atoms with E-state index in [2.05, 4.69) is 0 Å². The molecule has 6 nitrogen and oxygen atoms in total. The first kappa shape index (κ1) is 16.8. The number of aliphatic carboxylic acids is 1. The first-order valence-electron chi connectivity index (χ1n) is 6.79. The molecule has 20 heavy (non-hydrogen) atoms. The molecule has 0 aromatic rings. The molecule has 0 aliphatic carbocycles. The van der Waals surface area contributed by atoms with E-state index in [0.29, 0.717) is 0 Å². The lowest BCUT2D eigenvalue weighted by molar-refractivity contribution is -0.142. The van der Waals surface area contributed by atoms with Crippen molar-refractivity contribution in [2.75, 3.05) is 6.54 Å². The van der Waals surface area contributed by atoms with Crippen LogP contribution in [0.3, 0.4) is 0 Å². The van der Waals surface area contributed by atoms with Crippen molar-refractivity contribution in [3.8, 4) is 0 Å². The molecule has 1 heterocycles. The van der Waals surface area contributed by atoms with E-state index >= 15 is 0 Å². The highest BCUT2D eigenvalue weighted by atomic mass is 16.6. The van der Waals surface area contributed by atoms with Crippen LogP contribution >= 0.6 is 0 Å². The van der Waals surface area contributed by atoms with Gasteiger partial charge in [-0.15, -0.1) is 0 Å². The molecular formula is C14H25NO5. The first-order chi connectivity index (χ1) is 8.89. The lowest BCUT2D eigenvalue weighted by Gasteiger charge is -2.27. The van der Waals surface area contributed by atoms with Crippen LogP contribution < -0.4 is 0 Å². The molecule has 6 heteroatoms. The zero-order valence-corrected chi connectivity index (χ0v) is 13.1. The van der Waals surface area contributed by atoms with Crippen LogP contribution in [-0.4, -0.2) is 52.0 Å². The number of carboxylic acid groups (broad SMARTS) is 1. The van der Waals surface area contributed by atoms with Crippen LogP contribution in [0.25, 0.3) is 0 Å². The van der Waals surface area contributed by atoms with Crippen LogP contribution in [0.2, 0.25) is 0 Å². The van der Waals surface area contributed by atoms with Gasteiger partial charge in [-0.05, 0) is 41.5 Å². The third kappa shape index (κ3) is 5.00. The molecule has 1 rings (SSSR count). The Bertz CT molecular complexity index is 380. The molecule has 1 N–H and O–H groups in total. The van der Waals surface area contributed by atoms with Gasteiger partial charge in [0.05, 0.1) is 18.2 Å². The van der Waals surface area contributed by atoms with E-state index in [1.807, 2.05) is 20.8 Å². The lowest BCUT2D eigenvalue weighted by atomic mass is 10.1. The fourth-order valence-corrected chi connectivity index (χ4v) is 2.14. The maximum atomic E-state index is 12.1. The van der Waals surface area contributed by atoms with Gasteiger partial charge in [-0.2, -0.15) is 0 Å². The maximum absolute atomic E-state index is 12.1. The Hall–Kier alpha value is -1.30. The number of rotatable bonds is 2. The molecule has 0 saturated carbocycles. The minimum atomic E-state index is -1.03. The smallest absolute Gasteiger partial charge is 0.411 e. The third-order valence-electron chi connectivity index (χ3n) is 2.70. The summed E-state index contributed by atoms with van der Waals surface area (Å²) in [7, 11) is 0. The number of likely N-dealkylation sites (tertiary alicyclic amines) is 1. The summed E-state index contributed by atoms with van der Waals surface area (Å²) >= 11 is 0. The molecule has 1 aliphatic heterocycles. The molecule has 1 aliphatic rings. The maximum Gasteiger partial charge on any atom is 0.411 e. The average molecular weight is 287 g/mol. The monoisotopic (exact) mass is 287 g/mol. The molecular weight excluding hydrogens is 262 g/mol. The van der Waals surface area contributed by atoms with Gasteiger partial charge in [0.2, 0.25) is 0 Å². The molecule has 0 aromatic heterocycles. The third-order valence-corrected chi connectivity index (χ3v) is 2.70. The number of carbonyl (C=O) groups excluding carboxylic acids is 1. The van der Waals surface area contributed by atoms with Crippen LogP contribution in [-0.2, 0) is 14.3 Å². The Balaban J connectivity index is 2.78. The highest BCUT2D eigenvalue weighted by molar-refractivity contribution is 5.81. The molecule has 0 radical (unpaired) electrons. The van der Waals surface area contributed by atoms with Gasteiger partial charge >= 0.3 is 12.1 Å². The highest BCUT2D eigenvalue weighted by Gasteiger charge is 2.43. The second-order valence-corrected chi connectivity index (χ2v) is 7.07. The van der Waals surface area contributed by atoms with Crippen LogP contribution in [0.15, 0.2) is 0 Å². The molecule has 2 atom stereocenters. The van der Waals surface area contributed by atoms with Crippen molar-refractivity contribution in [2.24, 2.45) is 0 Å². The van der Waals surface area contributed by atoms with Gasteiger partial charge in [0.1, 0.15) is 11.6 Å². The normalized spacial score (nSPS) is 23.8. The summed E-state index contributed by atoms with van der Waals surface area (Å²) in [6.07, 6.45) is -0.611. The van der Waals surface area contributed by atoms with Gasteiger partial charge in [-0.1, -0.05) is 0 Å². The molecule has 0 spiro atoms. The van der Waals surface area contributed by atoms with E-state index in [1.54, 1.807) is 20.8 Å². The van der Waals surface area contributed by atoms with Crippen LogP contribution in [0.1, 0.15) is 48.0 Å². The predicted molar refractivity (Wildman–Crippen MR) is 73.6 cm³/mol. The van der Waals surface area contributed by atoms with E-state index in [9.17, 15) is 14.7 Å². The number of carbonyl (C=O) groups is 2. The molecule has 0 unspecified atom stereocenters. The molecule has 0 bridgehead atoms. The van der Waals surface area contributed by atoms with E-state index < -0.39 is 23.7 Å². The Morgan fingerprint density at radius 2 is 1.65 bits per heavy atom. The van der Waals surface area contributed by atoms with E-state index in [1.165, 1.54) is 4.90 Å². The van der Waals surface area contributed by atoms with Crippen molar-refractivity contribution in [2.45, 2.75) is 71.3 Å². The number of hydrogen-bond acceptors (Lipinski definition) is 4. The summed E-state index contributed by atoms with van der Waals surface area (Å²) < 4.78 is 11.0. The number of hydrogen-bond donors (Lipinski definition) is 1. The molecule has 0 aromatic carbocycles. The van der Waals surface area contributed by atoms with Crippen molar-refractivity contribution in [3.05, 3.63) is 0 Å². The standard InChI is InChI=1S/C14H25NO5/c1-13(2,3)19-9-7-10(11(16)17)15(8-9)12(18)20-14(4,5)6/h9-10H,7-8H2,1-6H3,(H,16,17)/t9-,10-/m1/s1. The van der Waals surface area contributed by atoms with E-state index in [4.69, 9.17) is 9.47 Å². The Kier molecular flexibility index (Phi) is 4.69. The van der Waals surface area contributed by atoms with Gasteiger partial charge in [0.15, 0.2) is 0 Å². The predicted octanol–water partition coefficient (Wildman–Crippen LogP) is 2.26. The molecule has 1 fully saturated rings. The summed E-state index contributed by atoms with van der Waals surface area (Å²) in [6.45, 7) is 11.2. The zero-order chi connectivity index (χ0) is 15.7. The van der Waals surface area contributed by atoms with Crippen molar-refractivity contribution >= 4 is 12.1 Å². The van der Waals surface area contributed by atoms with Gasteiger partial charge < -0.3 is 14.6 Å². The topological polar surface area (TPSA) is 76.1 Å². The van der Waals surface area contributed by atoms with Crippen LogP contribution in [0.4, 0.5) is 4.79 Å².